The number of thiocarbonyl (C=S) groups is 1. The van der Waals surface area contributed by atoms with Crippen LogP contribution in [0.4, 0.5) is 0 Å². The fraction of sp³-hybridized carbons (Fsp3) is 0.562. The smallest absolute Gasteiger partial charge is 0.166 e. The van der Waals surface area contributed by atoms with Gasteiger partial charge in [0.05, 0.1) is 11.4 Å². The Hall–Kier alpha value is -1.89. The quantitative estimate of drug-likeness (QED) is 0.600. The van der Waals surface area contributed by atoms with Crippen LogP contribution in [0.5, 0.6) is 0 Å². The molecule has 0 aliphatic rings. The highest BCUT2D eigenvalue weighted by Crippen LogP contribution is 2.05. The van der Waals surface area contributed by atoms with Gasteiger partial charge in [-0.15, -0.1) is 0 Å². The van der Waals surface area contributed by atoms with Gasteiger partial charge in [0.1, 0.15) is 0 Å². The maximum absolute atomic E-state index is 5.32. The lowest BCUT2D eigenvalue weighted by molar-refractivity contribution is 0.556. The van der Waals surface area contributed by atoms with Gasteiger partial charge in [0.2, 0.25) is 0 Å². The highest BCUT2D eigenvalue weighted by Gasteiger charge is 2.05. The van der Waals surface area contributed by atoms with Crippen LogP contribution in [0, 0.1) is 20.8 Å². The topological polar surface area (TPSA) is 59.7 Å². The Bertz CT molecular complexity index is 658. The summed E-state index contributed by atoms with van der Waals surface area (Å²) < 4.78 is 3.98. The van der Waals surface area contributed by atoms with Gasteiger partial charge in [-0.25, -0.2) is 0 Å². The Kier molecular flexibility index (Phi) is 6.15. The number of aromatic nitrogens is 4. The second kappa shape index (κ2) is 8.10. The van der Waals surface area contributed by atoms with Crippen molar-refractivity contribution in [2.75, 3.05) is 6.54 Å². The van der Waals surface area contributed by atoms with E-state index >= 15 is 0 Å². The van der Waals surface area contributed by atoms with Crippen molar-refractivity contribution in [3.05, 3.63) is 34.9 Å². The second-order valence-corrected chi connectivity index (χ2v) is 6.12. The van der Waals surface area contributed by atoms with Crippen LogP contribution in [0.3, 0.4) is 0 Å². The fourth-order valence-corrected chi connectivity index (χ4v) is 2.64. The van der Waals surface area contributed by atoms with Gasteiger partial charge in [0.15, 0.2) is 5.11 Å². The van der Waals surface area contributed by atoms with Gasteiger partial charge in [0, 0.05) is 43.6 Å². The number of hydrogen-bond donors (Lipinski definition) is 2. The van der Waals surface area contributed by atoms with Crippen molar-refractivity contribution >= 4 is 17.3 Å². The summed E-state index contributed by atoms with van der Waals surface area (Å²) in [6, 6.07) is 2.10. The van der Waals surface area contributed by atoms with E-state index in [1.807, 2.05) is 23.2 Å². The van der Waals surface area contributed by atoms with Crippen LogP contribution in [0.25, 0.3) is 0 Å². The molecule has 0 amide bonds. The molecule has 2 N–H and O–H groups in total. The lowest BCUT2D eigenvalue weighted by Crippen LogP contribution is -2.35. The standard InChI is InChI=1S/C16H26N6S/c1-5-21-11-15(14(4)20-21)10-18-16(23)17-7-6-8-22-13(3)9-12(2)19-22/h9,11H,5-8,10H2,1-4H3,(H2,17,18,23). The first kappa shape index (κ1) is 17.5. The van der Waals surface area contributed by atoms with E-state index in [4.69, 9.17) is 12.2 Å². The third-order valence-electron chi connectivity index (χ3n) is 3.75. The molecule has 2 aromatic heterocycles. The Labute approximate surface area is 143 Å². The van der Waals surface area contributed by atoms with Gasteiger partial charge < -0.3 is 10.6 Å². The molecular formula is C16H26N6S. The number of hydrogen-bond acceptors (Lipinski definition) is 3. The zero-order valence-corrected chi connectivity index (χ0v) is 15.2. The van der Waals surface area contributed by atoms with Crippen LogP contribution in [-0.4, -0.2) is 31.2 Å². The van der Waals surface area contributed by atoms with Crippen molar-refractivity contribution in [1.82, 2.24) is 30.2 Å². The van der Waals surface area contributed by atoms with E-state index in [0.29, 0.717) is 11.7 Å². The minimum absolute atomic E-state index is 0.682. The predicted molar refractivity (Wildman–Crippen MR) is 96.4 cm³/mol. The Balaban J connectivity index is 1.67. The number of rotatable bonds is 7. The molecule has 2 rings (SSSR count). The van der Waals surface area contributed by atoms with E-state index in [0.717, 1.165) is 37.4 Å². The minimum atomic E-state index is 0.682. The van der Waals surface area contributed by atoms with E-state index in [2.05, 4.69) is 46.9 Å². The molecule has 0 fully saturated rings. The molecule has 23 heavy (non-hydrogen) atoms. The molecule has 2 aromatic rings. The first-order valence-electron chi connectivity index (χ1n) is 8.05. The molecule has 0 radical (unpaired) electrons. The summed E-state index contributed by atoms with van der Waals surface area (Å²) in [5.41, 5.74) is 4.49. The molecule has 0 saturated carbocycles. The first-order chi connectivity index (χ1) is 11.0. The van der Waals surface area contributed by atoms with Gasteiger partial charge in [0.25, 0.3) is 0 Å². The van der Waals surface area contributed by atoms with Gasteiger partial charge in [-0.05, 0) is 52.4 Å². The van der Waals surface area contributed by atoms with Gasteiger partial charge in [-0.1, -0.05) is 0 Å². The van der Waals surface area contributed by atoms with Crippen LogP contribution in [0.2, 0.25) is 0 Å². The molecular weight excluding hydrogens is 308 g/mol. The van der Waals surface area contributed by atoms with Crippen LogP contribution in [-0.2, 0) is 19.6 Å². The molecule has 0 bridgehead atoms. The molecule has 0 aliphatic carbocycles. The summed E-state index contributed by atoms with van der Waals surface area (Å²) >= 11 is 5.32. The SMILES string of the molecule is CCn1cc(CNC(=S)NCCCn2nc(C)cc2C)c(C)n1. The summed E-state index contributed by atoms with van der Waals surface area (Å²) in [6.07, 6.45) is 3.05. The monoisotopic (exact) mass is 334 g/mol. The van der Waals surface area contributed by atoms with Gasteiger partial charge in [-0.3, -0.25) is 9.36 Å². The Morgan fingerprint density at radius 1 is 1.22 bits per heavy atom. The molecule has 0 unspecified atom stereocenters. The van der Waals surface area contributed by atoms with Crippen molar-refractivity contribution in [2.24, 2.45) is 0 Å². The Morgan fingerprint density at radius 2 is 2.00 bits per heavy atom. The number of nitrogens with one attached hydrogen (secondary N) is 2. The summed E-state index contributed by atoms with van der Waals surface area (Å²) in [4.78, 5) is 0. The van der Waals surface area contributed by atoms with Crippen LogP contribution < -0.4 is 10.6 Å². The third kappa shape index (κ3) is 5.06. The summed E-state index contributed by atoms with van der Waals surface area (Å²) in [7, 11) is 0. The lowest BCUT2D eigenvalue weighted by atomic mass is 10.3. The molecule has 2 heterocycles. The van der Waals surface area contributed by atoms with Crippen LogP contribution >= 0.6 is 12.2 Å². The minimum Gasteiger partial charge on any atom is -0.363 e. The number of nitrogens with zero attached hydrogens (tertiary/aromatic N) is 4. The maximum Gasteiger partial charge on any atom is 0.166 e. The van der Waals surface area contributed by atoms with Gasteiger partial charge in [-0.2, -0.15) is 10.2 Å². The Morgan fingerprint density at radius 3 is 2.61 bits per heavy atom. The van der Waals surface area contributed by atoms with E-state index in [-0.39, 0.29) is 0 Å². The molecule has 0 aromatic carbocycles. The van der Waals surface area contributed by atoms with Crippen molar-refractivity contribution < 1.29 is 0 Å². The molecule has 0 saturated heterocycles. The van der Waals surface area contributed by atoms with Crippen molar-refractivity contribution in [2.45, 2.75) is 53.8 Å². The maximum atomic E-state index is 5.32. The van der Waals surface area contributed by atoms with E-state index in [9.17, 15) is 0 Å². The van der Waals surface area contributed by atoms with Gasteiger partial charge >= 0.3 is 0 Å². The van der Waals surface area contributed by atoms with Crippen molar-refractivity contribution in [3.8, 4) is 0 Å². The highest BCUT2D eigenvalue weighted by molar-refractivity contribution is 7.80. The normalized spacial score (nSPS) is 10.8. The predicted octanol–water partition coefficient (Wildman–Crippen LogP) is 2.08. The molecule has 0 aliphatic heterocycles. The first-order valence-corrected chi connectivity index (χ1v) is 8.46. The van der Waals surface area contributed by atoms with E-state index in [1.165, 1.54) is 11.3 Å². The molecule has 7 heteroatoms. The average molecular weight is 334 g/mol. The summed E-state index contributed by atoms with van der Waals surface area (Å²) in [5, 5.41) is 16.0. The van der Waals surface area contributed by atoms with Crippen LogP contribution in [0.15, 0.2) is 12.3 Å². The number of aryl methyl sites for hydroxylation is 5. The summed E-state index contributed by atoms with van der Waals surface area (Å²) in [5.74, 6) is 0. The van der Waals surface area contributed by atoms with Crippen LogP contribution in [0.1, 0.15) is 36.0 Å². The highest BCUT2D eigenvalue weighted by atomic mass is 32.1. The zero-order chi connectivity index (χ0) is 16.8. The largest absolute Gasteiger partial charge is 0.363 e. The van der Waals surface area contributed by atoms with E-state index in [1.54, 1.807) is 0 Å². The molecule has 0 spiro atoms. The third-order valence-corrected chi connectivity index (χ3v) is 4.04. The second-order valence-electron chi connectivity index (χ2n) is 5.71. The summed E-state index contributed by atoms with van der Waals surface area (Å²) in [6.45, 7) is 11.5. The fourth-order valence-electron chi connectivity index (χ4n) is 2.46. The van der Waals surface area contributed by atoms with Crippen molar-refractivity contribution in [1.29, 1.82) is 0 Å². The molecule has 6 nitrogen and oxygen atoms in total. The molecule has 0 atom stereocenters. The lowest BCUT2D eigenvalue weighted by Gasteiger charge is -2.10. The van der Waals surface area contributed by atoms with E-state index < -0.39 is 0 Å². The molecule has 126 valence electrons. The average Bonchev–Trinajstić information content (AvgIpc) is 3.03. The van der Waals surface area contributed by atoms with Crippen molar-refractivity contribution in [3.63, 3.8) is 0 Å². The zero-order valence-electron chi connectivity index (χ0n) is 14.4.